The molecule has 0 aliphatic carbocycles. The van der Waals surface area contributed by atoms with Crippen LogP contribution in [0.4, 0.5) is 11.4 Å². The first-order chi connectivity index (χ1) is 25.8. The van der Waals surface area contributed by atoms with Gasteiger partial charge in [0.25, 0.3) is 5.91 Å². The zero-order valence-corrected chi connectivity index (χ0v) is 34.2. The molecule has 0 bridgehead atoms. The minimum atomic E-state index is -2.49. The van der Waals surface area contributed by atoms with Crippen LogP contribution in [0.3, 0.4) is 0 Å². The van der Waals surface area contributed by atoms with E-state index >= 15 is 4.79 Å². The molecule has 3 saturated heterocycles. The van der Waals surface area contributed by atoms with E-state index in [1.165, 1.54) is 16.3 Å². The van der Waals surface area contributed by atoms with E-state index < -0.39 is 19.8 Å². The van der Waals surface area contributed by atoms with Crippen molar-refractivity contribution in [3.8, 4) is 5.75 Å². The van der Waals surface area contributed by atoms with E-state index in [0.29, 0.717) is 18.8 Å². The highest BCUT2D eigenvalue weighted by Gasteiger charge is 2.66. The SMILES string of the molecule is COc1ccc([Si](C)(C)[C@@H]2[C@@H](CC(=O)N3CCC[C@H]3CO)O[C@]3(C(=O)N(C/C=C(\C)CCC=C(C)C)c4ccc(NC(=O)[C@H]5CCCN5)cc43)[C@H]2C)cc1. The normalized spacial score (nSPS) is 26.8. The van der Waals surface area contributed by atoms with Gasteiger partial charge in [0.2, 0.25) is 11.8 Å². The molecule has 6 rings (SSSR count). The molecule has 4 aliphatic heterocycles. The number of allylic oxidation sites excluding steroid dienone is 3. The van der Waals surface area contributed by atoms with Crippen LogP contribution in [-0.2, 0) is 24.7 Å². The fourth-order valence-electron chi connectivity index (χ4n) is 9.49. The number of hydrogen-bond donors (Lipinski definition) is 3. The summed E-state index contributed by atoms with van der Waals surface area (Å²) in [6.07, 6.45) is 9.14. The van der Waals surface area contributed by atoms with Gasteiger partial charge in [-0.25, -0.2) is 0 Å². The lowest BCUT2D eigenvalue weighted by Crippen LogP contribution is -2.52. The number of anilines is 2. The van der Waals surface area contributed by atoms with Crippen LogP contribution in [0, 0.1) is 5.92 Å². The van der Waals surface area contributed by atoms with Gasteiger partial charge in [-0.15, -0.1) is 0 Å². The van der Waals surface area contributed by atoms with E-state index in [1.54, 1.807) is 7.11 Å². The van der Waals surface area contributed by atoms with E-state index in [2.05, 4.69) is 75.7 Å². The van der Waals surface area contributed by atoms with Gasteiger partial charge in [-0.05, 0) is 102 Å². The lowest BCUT2D eigenvalue weighted by atomic mass is 9.82. The second-order valence-electron chi connectivity index (χ2n) is 16.6. The lowest BCUT2D eigenvalue weighted by molar-refractivity contribution is -0.149. The number of amides is 3. The van der Waals surface area contributed by atoms with Crippen molar-refractivity contribution in [2.45, 2.75) is 115 Å². The largest absolute Gasteiger partial charge is 0.497 e. The Labute approximate surface area is 322 Å². The molecule has 10 nitrogen and oxygen atoms in total. The van der Waals surface area contributed by atoms with Crippen LogP contribution in [0.1, 0.15) is 78.2 Å². The molecule has 54 heavy (non-hydrogen) atoms. The summed E-state index contributed by atoms with van der Waals surface area (Å²) in [6, 6.07) is 13.5. The van der Waals surface area contributed by atoms with Crippen LogP contribution in [0.15, 0.2) is 65.8 Å². The molecule has 292 valence electrons. The van der Waals surface area contributed by atoms with E-state index in [4.69, 9.17) is 9.47 Å². The summed E-state index contributed by atoms with van der Waals surface area (Å²) in [5, 5.41) is 17.7. The number of likely N-dealkylation sites (tertiary alicyclic amines) is 1. The molecular formula is C43H60N4O6Si. The fourth-order valence-corrected chi connectivity index (χ4v) is 13.5. The maximum Gasteiger partial charge on any atom is 0.264 e. The summed E-state index contributed by atoms with van der Waals surface area (Å²) in [7, 11) is -0.835. The molecule has 1 spiro atoms. The summed E-state index contributed by atoms with van der Waals surface area (Å²) in [5.41, 5.74) is 3.13. The topological polar surface area (TPSA) is 120 Å². The Kier molecular flexibility index (Phi) is 12.2. The molecule has 3 amide bonds. The quantitative estimate of drug-likeness (QED) is 0.169. The second-order valence-corrected chi connectivity index (χ2v) is 21.3. The number of carbonyl (C=O) groups is 3. The predicted octanol–water partition coefficient (Wildman–Crippen LogP) is 6.01. The smallest absolute Gasteiger partial charge is 0.264 e. The standard InChI is InChI=1S/C43H60N4O6Si/c1-28(2)11-8-12-29(3)21-24-47-37-20-15-31(45-41(50)36-14-9-22-44-36)25-35(37)43(42(47)51)30(4)40(54(6,7)34-18-16-33(52-5)17-19-34)38(53-43)26-39(49)46-23-10-13-32(46)27-48/h11,15-21,25,30,32,36,38,40,44,48H,8-10,12-14,22-24,26-27H2,1-7H3,(H,45,50)/b29-21+/t30-,32-,36+,38+,40-,43+/m0/s1. The first kappa shape index (κ1) is 39.9. The van der Waals surface area contributed by atoms with Crippen LogP contribution >= 0.6 is 0 Å². The second kappa shape index (κ2) is 16.5. The van der Waals surface area contributed by atoms with Gasteiger partial charge >= 0.3 is 0 Å². The molecule has 2 aromatic carbocycles. The minimum Gasteiger partial charge on any atom is -0.497 e. The average Bonchev–Trinajstić information content (AvgIpc) is 3.95. The third-order valence-corrected chi connectivity index (χ3v) is 16.8. The van der Waals surface area contributed by atoms with E-state index in [0.717, 1.165) is 62.1 Å². The summed E-state index contributed by atoms with van der Waals surface area (Å²) in [5.74, 6) is 0.207. The first-order valence-electron chi connectivity index (χ1n) is 19.8. The van der Waals surface area contributed by atoms with Crippen molar-refractivity contribution in [2.24, 2.45) is 5.92 Å². The monoisotopic (exact) mass is 756 g/mol. The highest BCUT2D eigenvalue weighted by atomic mass is 28.3. The number of nitrogens with one attached hydrogen (secondary N) is 2. The molecule has 0 saturated carbocycles. The molecule has 0 aromatic heterocycles. The molecule has 11 heteroatoms. The molecule has 4 heterocycles. The predicted molar refractivity (Wildman–Crippen MR) is 217 cm³/mol. The van der Waals surface area contributed by atoms with Gasteiger partial charge in [0.05, 0.1) is 52.1 Å². The maximum atomic E-state index is 15.3. The number of aliphatic hydroxyl groups is 1. The number of rotatable bonds is 13. The van der Waals surface area contributed by atoms with E-state index in [-0.39, 0.29) is 54.3 Å². The molecule has 3 N–H and O–H groups in total. The van der Waals surface area contributed by atoms with Crippen LogP contribution in [0.25, 0.3) is 0 Å². The minimum absolute atomic E-state index is 0.0483. The van der Waals surface area contributed by atoms with E-state index in [1.807, 2.05) is 40.1 Å². The summed E-state index contributed by atoms with van der Waals surface area (Å²) >= 11 is 0. The van der Waals surface area contributed by atoms with Gasteiger partial charge in [0.1, 0.15) is 5.75 Å². The Hall–Kier alpha value is -3.77. The molecule has 4 aliphatic rings. The van der Waals surface area contributed by atoms with Crippen molar-refractivity contribution >= 4 is 42.4 Å². The van der Waals surface area contributed by atoms with Gasteiger partial charge in [-0.2, -0.15) is 0 Å². The number of fused-ring (bicyclic) bond motifs is 2. The molecule has 2 aromatic rings. The fraction of sp³-hybridized carbons (Fsp3) is 0.558. The van der Waals surface area contributed by atoms with Crippen LogP contribution < -0.4 is 25.5 Å². The number of nitrogens with zero attached hydrogens (tertiary/aromatic N) is 2. The van der Waals surface area contributed by atoms with Crippen molar-refractivity contribution in [3.63, 3.8) is 0 Å². The summed E-state index contributed by atoms with van der Waals surface area (Å²) in [6.45, 7) is 14.8. The summed E-state index contributed by atoms with van der Waals surface area (Å²) in [4.78, 5) is 46.4. The van der Waals surface area contributed by atoms with Crippen molar-refractivity contribution in [1.29, 1.82) is 0 Å². The Morgan fingerprint density at radius 2 is 1.85 bits per heavy atom. The molecule has 0 unspecified atom stereocenters. The van der Waals surface area contributed by atoms with Crippen molar-refractivity contribution in [3.05, 3.63) is 71.3 Å². The van der Waals surface area contributed by atoms with Crippen molar-refractivity contribution in [2.75, 3.05) is 43.6 Å². The third-order valence-electron chi connectivity index (χ3n) is 12.5. The molecule has 0 radical (unpaired) electrons. The summed E-state index contributed by atoms with van der Waals surface area (Å²) < 4.78 is 12.8. The Morgan fingerprint density at radius 3 is 2.52 bits per heavy atom. The number of methoxy groups -OCH3 is 1. The van der Waals surface area contributed by atoms with Gasteiger partial charge in [0.15, 0.2) is 5.60 Å². The Bertz CT molecular complexity index is 1770. The number of benzene rings is 2. The van der Waals surface area contributed by atoms with Crippen molar-refractivity contribution in [1.82, 2.24) is 10.2 Å². The number of ether oxygens (including phenoxy) is 2. The number of hydrogen-bond acceptors (Lipinski definition) is 7. The van der Waals surface area contributed by atoms with Crippen LogP contribution in [0.2, 0.25) is 18.6 Å². The zero-order chi connectivity index (χ0) is 38.8. The van der Waals surface area contributed by atoms with Gasteiger partial charge < -0.3 is 35.0 Å². The van der Waals surface area contributed by atoms with Crippen LogP contribution in [-0.4, -0.2) is 87.3 Å². The molecule has 6 atom stereocenters. The number of aliphatic hydroxyl groups excluding tert-OH is 1. The first-order valence-corrected chi connectivity index (χ1v) is 22.9. The van der Waals surface area contributed by atoms with Crippen LogP contribution in [0.5, 0.6) is 5.75 Å². The van der Waals surface area contributed by atoms with E-state index in [9.17, 15) is 14.7 Å². The van der Waals surface area contributed by atoms with Crippen molar-refractivity contribution < 1.29 is 29.0 Å². The number of carbonyl (C=O) groups excluding carboxylic acids is 3. The third kappa shape index (κ3) is 7.70. The zero-order valence-electron chi connectivity index (χ0n) is 33.2. The molecular weight excluding hydrogens is 697 g/mol. The highest BCUT2D eigenvalue weighted by molar-refractivity contribution is 6.91. The Morgan fingerprint density at radius 1 is 1.09 bits per heavy atom. The highest BCUT2D eigenvalue weighted by Crippen LogP contribution is 2.60. The van der Waals surface area contributed by atoms with Gasteiger partial charge in [-0.3, -0.25) is 14.4 Å². The average molecular weight is 757 g/mol. The molecule has 3 fully saturated rings. The lowest BCUT2D eigenvalue weighted by Gasteiger charge is -2.37. The van der Waals surface area contributed by atoms with Gasteiger partial charge in [0, 0.05) is 30.3 Å². The maximum absolute atomic E-state index is 15.3. The Balaban J connectivity index is 1.42. The van der Waals surface area contributed by atoms with Gasteiger partial charge in [-0.1, -0.05) is 60.6 Å².